The maximum absolute atomic E-state index is 13.9. The van der Waals surface area contributed by atoms with E-state index in [2.05, 4.69) is 4.99 Å². The van der Waals surface area contributed by atoms with Gasteiger partial charge in [-0.1, -0.05) is 38.4 Å². The molecule has 10 heteroatoms. The number of methoxy groups -OCH3 is 4. The number of allylic oxidation sites excluding steroid dienone is 1. The summed E-state index contributed by atoms with van der Waals surface area (Å²) >= 11 is 6.50. The second-order valence-corrected chi connectivity index (χ2v) is 10.2. The molecule has 1 aliphatic carbocycles. The number of aliphatic hydroxyl groups excluding tert-OH is 1. The number of benzene rings is 2. The summed E-state index contributed by atoms with van der Waals surface area (Å²) in [6, 6.07) is 6.57. The third kappa shape index (κ3) is 4.48. The summed E-state index contributed by atoms with van der Waals surface area (Å²) in [5.41, 5.74) is -1.05. The molecule has 0 radical (unpaired) electrons. The lowest BCUT2D eigenvalue weighted by molar-refractivity contribution is -0.118. The van der Waals surface area contributed by atoms with Crippen LogP contribution in [0.25, 0.3) is 0 Å². The molecule has 1 heterocycles. The highest BCUT2D eigenvalue weighted by Crippen LogP contribution is 2.54. The number of hydrogen-bond donors (Lipinski definition) is 1. The van der Waals surface area contributed by atoms with Gasteiger partial charge in [0.2, 0.25) is 11.4 Å². The van der Waals surface area contributed by atoms with Crippen molar-refractivity contribution in [1.82, 2.24) is 0 Å². The third-order valence-corrected chi connectivity index (χ3v) is 7.61. The zero-order chi connectivity index (χ0) is 28.6. The predicted molar refractivity (Wildman–Crippen MR) is 146 cm³/mol. The first-order valence-electron chi connectivity index (χ1n) is 12.5. The number of aliphatic imine (C=N–C) groups is 1. The molecule has 1 spiro atoms. The van der Waals surface area contributed by atoms with Crippen LogP contribution in [-0.2, 0) is 4.79 Å². The molecule has 0 aromatic heterocycles. The summed E-state index contributed by atoms with van der Waals surface area (Å²) in [5, 5.41) is 11.6. The zero-order valence-corrected chi connectivity index (χ0v) is 23.7. The van der Waals surface area contributed by atoms with E-state index < -0.39 is 23.1 Å². The van der Waals surface area contributed by atoms with Gasteiger partial charge in [0.25, 0.3) is 0 Å². The van der Waals surface area contributed by atoms with Crippen LogP contribution in [0.1, 0.15) is 49.2 Å². The third-order valence-electron chi connectivity index (χ3n) is 7.26. The lowest BCUT2D eigenvalue weighted by atomic mass is 9.73. The number of Topliss-reactive ketones (excluding diaryl/α,β-unsaturated/α-hetero) is 2. The van der Waals surface area contributed by atoms with Crippen molar-refractivity contribution < 1.29 is 38.4 Å². The SMILES string of the molecule is COc1ccc(C(N=CC2=C(O)C3(Oc4c(Cl)c(OC)cc(OC)c4C3=O)C(C)CC2=O)C(C)C)cc1OC. The molecule has 4 rings (SSSR count). The van der Waals surface area contributed by atoms with Crippen LogP contribution in [0.3, 0.4) is 0 Å². The molecule has 3 unspecified atom stereocenters. The fraction of sp³-hybridized carbons (Fsp3) is 0.414. The van der Waals surface area contributed by atoms with E-state index in [1.807, 2.05) is 26.0 Å². The fourth-order valence-electron chi connectivity index (χ4n) is 5.15. The highest BCUT2D eigenvalue weighted by molar-refractivity contribution is 6.35. The van der Waals surface area contributed by atoms with Gasteiger partial charge in [0.05, 0.1) is 40.1 Å². The molecule has 208 valence electrons. The quantitative estimate of drug-likeness (QED) is 0.419. The van der Waals surface area contributed by atoms with Gasteiger partial charge in [0.1, 0.15) is 22.1 Å². The van der Waals surface area contributed by atoms with E-state index in [0.29, 0.717) is 11.5 Å². The molecule has 0 bridgehead atoms. The molecule has 2 aromatic rings. The number of hydrogen-bond acceptors (Lipinski definition) is 9. The number of ketones is 2. The van der Waals surface area contributed by atoms with Gasteiger partial charge in [-0.05, 0) is 23.6 Å². The molecule has 0 fully saturated rings. The summed E-state index contributed by atoms with van der Waals surface area (Å²) in [7, 11) is 5.94. The molecular weight excluding hydrogens is 526 g/mol. The van der Waals surface area contributed by atoms with Crippen LogP contribution in [-0.4, -0.2) is 56.9 Å². The molecule has 9 nitrogen and oxygen atoms in total. The Hall–Kier alpha value is -3.72. The highest BCUT2D eigenvalue weighted by atomic mass is 35.5. The van der Waals surface area contributed by atoms with Crippen LogP contribution in [0.5, 0.6) is 28.7 Å². The molecule has 1 aliphatic heterocycles. The Morgan fingerprint density at radius 2 is 1.67 bits per heavy atom. The summed E-state index contributed by atoms with van der Waals surface area (Å²) in [6.07, 6.45) is 1.27. The standard InChI is InChI=1S/C29H32ClNO8/c1-14(2)25(16-8-9-19(35-4)20(11-16)36-5)31-13-17-18(32)10-15(3)29(27(17)33)28(34)23-21(37-6)12-22(38-7)24(30)26(23)39-29/h8-9,11-15,25,33H,10H2,1-7H3. The number of rotatable bonds is 8. The van der Waals surface area contributed by atoms with Crippen LogP contribution in [0.2, 0.25) is 5.02 Å². The van der Waals surface area contributed by atoms with Crippen molar-refractivity contribution in [3.05, 3.63) is 51.7 Å². The second-order valence-electron chi connectivity index (χ2n) is 9.84. The van der Waals surface area contributed by atoms with Gasteiger partial charge < -0.3 is 28.8 Å². The monoisotopic (exact) mass is 557 g/mol. The Morgan fingerprint density at radius 3 is 2.26 bits per heavy atom. The summed E-state index contributed by atoms with van der Waals surface area (Å²) < 4.78 is 27.7. The molecule has 2 aliphatic rings. The second kappa shape index (κ2) is 10.8. The lowest BCUT2D eigenvalue weighted by Crippen LogP contribution is -2.52. The summed E-state index contributed by atoms with van der Waals surface area (Å²) in [4.78, 5) is 31.7. The Bertz CT molecular complexity index is 1380. The number of aliphatic hydroxyl groups is 1. The van der Waals surface area contributed by atoms with Gasteiger partial charge in [0, 0.05) is 24.6 Å². The van der Waals surface area contributed by atoms with Crippen molar-refractivity contribution in [1.29, 1.82) is 0 Å². The first-order valence-corrected chi connectivity index (χ1v) is 12.8. The van der Waals surface area contributed by atoms with Gasteiger partial charge in [-0.3, -0.25) is 14.6 Å². The van der Waals surface area contributed by atoms with Crippen LogP contribution in [0, 0.1) is 11.8 Å². The highest BCUT2D eigenvalue weighted by Gasteiger charge is 2.60. The number of fused-ring (bicyclic) bond motifs is 1. The molecule has 0 saturated heterocycles. The van der Waals surface area contributed by atoms with Crippen LogP contribution < -0.4 is 23.7 Å². The van der Waals surface area contributed by atoms with E-state index in [1.165, 1.54) is 26.5 Å². The van der Waals surface area contributed by atoms with Crippen molar-refractivity contribution in [2.24, 2.45) is 16.8 Å². The largest absolute Gasteiger partial charge is 0.507 e. The molecule has 3 atom stereocenters. The lowest BCUT2D eigenvalue weighted by Gasteiger charge is -2.36. The Balaban J connectivity index is 1.81. The Kier molecular flexibility index (Phi) is 7.84. The molecule has 39 heavy (non-hydrogen) atoms. The average molecular weight is 558 g/mol. The first kappa shape index (κ1) is 28.3. The average Bonchev–Trinajstić information content (AvgIpc) is 3.24. The van der Waals surface area contributed by atoms with Crippen LogP contribution in [0.15, 0.2) is 40.6 Å². The molecule has 1 N–H and O–H groups in total. The van der Waals surface area contributed by atoms with Gasteiger partial charge >= 0.3 is 0 Å². The molecule has 2 aromatic carbocycles. The topological polar surface area (TPSA) is 113 Å². The molecule has 0 amide bonds. The Labute approximate surface area is 232 Å². The zero-order valence-electron chi connectivity index (χ0n) is 23.0. The van der Waals surface area contributed by atoms with Gasteiger partial charge in [-0.15, -0.1) is 0 Å². The minimum absolute atomic E-state index is 0.0258. The van der Waals surface area contributed by atoms with Crippen LogP contribution >= 0.6 is 11.6 Å². The van der Waals surface area contributed by atoms with Crippen molar-refractivity contribution in [2.45, 2.75) is 38.8 Å². The van der Waals surface area contributed by atoms with E-state index in [0.717, 1.165) is 5.56 Å². The number of carbonyl (C=O) groups excluding carboxylic acids is 2. The smallest absolute Gasteiger partial charge is 0.231 e. The number of nitrogens with zero attached hydrogens (tertiary/aromatic N) is 1. The van der Waals surface area contributed by atoms with E-state index in [9.17, 15) is 14.7 Å². The predicted octanol–water partition coefficient (Wildman–Crippen LogP) is 5.58. The van der Waals surface area contributed by atoms with Crippen LogP contribution in [0.4, 0.5) is 0 Å². The van der Waals surface area contributed by atoms with Gasteiger partial charge in [-0.2, -0.15) is 0 Å². The number of ether oxygens (including phenoxy) is 5. The summed E-state index contributed by atoms with van der Waals surface area (Å²) in [5.74, 6) is -0.495. The van der Waals surface area contributed by atoms with Crippen molar-refractivity contribution in [3.63, 3.8) is 0 Å². The van der Waals surface area contributed by atoms with E-state index in [1.54, 1.807) is 27.2 Å². The molecular formula is C29H32ClNO8. The molecule has 0 saturated carbocycles. The maximum atomic E-state index is 13.9. The minimum atomic E-state index is -1.86. The van der Waals surface area contributed by atoms with Crippen molar-refractivity contribution in [2.75, 3.05) is 28.4 Å². The van der Waals surface area contributed by atoms with E-state index >= 15 is 0 Å². The minimum Gasteiger partial charge on any atom is -0.507 e. The Morgan fingerprint density at radius 1 is 1.03 bits per heavy atom. The summed E-state index contributed by atoms with van der Waals surface area (Å²) in [6.45, 7) is 5.65. The normalized spacial score (nSPS) is 21.4. The van der Waals surface area contributed by atoms with Crippen molar-refractivity contribution >= 4 is 29.4 Å². The van der Waals surface area contributed by atoms with Gasteiger partial charge in [-0.25, -0.2) is 0 Å². The first-order chi connectivity index (χ1) is 18.5. The van der Waals surface area contributed by atoms with E-state index in [4.69, 9.17) is 35.3 Å². The van der Waals surface area contributed by atoms with Crippen molar-refractivity contribution in [3.8, 4) is 28.7 Å². The maximum Gasteiger partial charge on any atom is 0.231 e. The number of carbonyl (C=O) groups is 2. The number of halogens is 1. The van der Waals surface area contributed by atoms with E-state index in [-0.39, 0.29) is 57.6 Å². The van der Waals surface area contributed by atoms with Gasteiger partial charge in [0.15, 0.2) is 28.8 Å². The fourth-order valence-corrected chi connectivity index (χ4v) is 5.41.